The zero-order valence-corrected chi connectivity index (χ0v) is 33.5. The topological polar surface area (TPSA) is 34.5 Å². The number of benzene rings is 10. The molecule has 4 nitrogen and oxygen atoms in total. The second-order valence-electron chi connectivity index (χ2n) is 16.0. The third-order valence-corrected chi connectivity index (χ3v) is 12.6. The van der Waals surface area contributed by atoms with Gasteiger partial charge in [0.05, 0.1) is 16.6 Å². The molecule has 0 unspecified atom stereocenters. The first kappa shape index (κ1) is 34.5. The number of rotatable bonds is 6. The standard InChI is InChI=1S/C58H36N2O2/c1-2-15-40(16-3-1)60-56-44(22-12-24-50(56)55-49-21-9-11-27-54(49)62-58(55)60)37-28-32-41(33-29-37)59(52-25-13-23-48-47-20-8-10-26-53(47)61-57(48)52)42-34-30-38(31-35-42)51-36-39-14-4-5-17-43(39)45-18-6-7-19-46(45)51/h1-36H. The Balaban J connectivity index is 0.983. The van der Waals surface area contributed by atoms with E-state index in [0.29, 0.717) is 0 Å². The molecule has 0 amide bonds. The zero-order chi connectivity index (χ0) is 40.7. The summed E-state index contributed by atoms with van der Waals surface area (Å²) in [5.74, 6) is 0. The monoisotopic (exact) mass is 792 g/mol. The van der Waals surface area contributed by atoms with Crippen molar-refractivity contribution < 1.29 is 8.83 Å². The molecule has 10 aromatic carbocycles. The molecule has 0 aliphatic carbocycles. The van der Waals surface area contributed by atoms with E-state index in [1.165, 1.54) is 32.7 Å². The second-order valence-corrected chi connectivity index (χ2v) is 16.0. The van der Waals surface area contributed by atoms with Crippen molar-refractivity contribution in [3.05, 3.63) is 218 Å². The van der Waals surface area contributed by atoms with Crippen LogP contribution in [0, 0.1) is 0 Å². The summed E-state index contributed by atoms with van der Waals surface area (Å²) in [5, 5.41) is 10.6. The number of furan rings is 2. The van der Waals surface area contributed by atoms with Gasteiger partial charge in [-0.05, 0) is 98.9 Å². The molecule has 0 atom stereocenters. The normalized spacial score (nSPS) is 11.9. The van der Waals surface area contributed by atoms with Gasteiger partial charge >= 0.3 is 0 Å². The molecule has 0 N–H and O–H groups in total. The van der Waals surface area contributed by atoms with E-state index >= 15 is 0 Å². The molecular formula is C58H36N2O2. The van der Waals surface area contributed by atoms with Crippen molar-refractivity contribution in [3.8, 4) is 27.9 Å². The first-order valence-corrected chi connectivity index (χ1v) is 21.1. The van der Waals surface area contributed by atoms with Gasteiger partial charge < -0.3 is 13.7 Å². The first-order valence-electron chi connectivity index (χ1n) is 21.1. The van der Waals surface area contributed by atoms with E-state index in [2.05, 4.69) is 210 Å². The minimum Gasteiger partial charge on any atom is -0.454 e. The van der Waals surface area contributed by atoms with E-state index in [9.17, 15) is 0 Å². The number of hydrogen-bond donors (Lipinski definition) is 0. The molecule has 290 valence electrons. The lowest BCUT2D eigenvalue weighted by Gasteiger charge is -2.26. The maximum absolute atomic E-state index is 6.68. The summed E-state index contributed by atoms with van der Waals surface area (Å²) in [5.41, 5.74) is 13.3. The molecule has 4 heteroatoms. The highest BCUT2D eigenvalue weighted by Crippen LogP contribution is 2.46. The van der Waals surface area contributed by atoms with Crippen LogP contribution in [-0.2, 0) is 0 Å². The van der Waals surface area contributed by atoms with Crippen LogP contribution < -0.4 is 4.90 Å². The van der Waals surface area contributed by atoms with Crippen LogP contribution in [0.15, 0.2) is 227 Å². The van der Waals surface area contributed by atoms with Crippen molar-refractivity contribution in [1.29, 1.82) is 0 Å². The van der Waals surface area contributed by atoms with E-state index in [4.69, 9.17) is 8.83 Å². The SMILES string of the molecule is c1ccc(-n2c3oc4ccccc4c3c3cccc(-c4ccc(N(c5ccc(-c6cc7ccccc7c7ccccc67)cc5)c5cccc6c5oc5ccccc56)cc4)c32)cc1. The average Bonchev–Trinajstić information content (AvgIpc) is 4.02. The molecule has 0 saturated heterocycles. The van der Waals surface area contributed by atoms with Crippen LogP contribution in [0.5, 0.6) is 0 Å². The Bertz CT molecular complexity index is 3850. The van der Waals surface area contributed by atoms with Crippen LogP contribution in [0.3, 0.4) is 0 Å². The second kappa shape index (κ2) is 13.6. The van der Waals surface area contributed by atoms with Crippen molar-refractivity contribution in [2.24, 2.45) is 0 Å². The third kappa shape index (κ3) is 5.20. The molecular weight excluding hydrogens is 757 g/mol. The highest BCUT2D eigenvalue weighted by molar-refractivity contribution is 6.22. The van der Waals surface area contributed by atoms with Gasteiger partial charge in [-0.2, -0.15) is 0 Å². The Hall–Kier alpha value is -8.34. The van der Waals surface area contributed by atoms with Crippen LogP contribution in [0.1, 0.15) is 0 Å². The molecule has 0 bridgehead atoms. The van der Waals surface area contributed by atoms with Gasteiger partial charge in [-0.15, -0.1) is 0 Å². The fraction of sp³-hybridized carbons (Fsp3) is 0. The smallest absolute Gasteiger partial charge is 0.213 e. The van der Waals surface area contributed by atoms with Gasteiger partial charge in [0.15, 0.2) is 5.58 Å². The van der Waals surface area contributed by atoms with E-state index in [1.54, 1.807) is 0 Å². The predicted molar refractivity (Wildman–Crippen MR) is 258 cm³/mol. The minimum atomic E-state index is 0.849. The number of para-hydroxylation sites is 5. The van der Waals surface area contributed by atoms with Crippen molar-refractivity contribution in [2.45, 2.75) is 0 Å². The number of anilines is 3. The Kier molecular flexibility index (Phi) is 7.57. The van der Waals surface area contributed by atoms with Gasteiger partial charge in [0.1, 0.15) is 11.2 Å². The summed E-state index contributed by atoms with van der Waals surface area (Å²) in [4.78, 5) is 2.32. The van der Waals surface area contributed by atoms with Crippen LogP contribution in [0.4, 0.5) is 17.1 Å². The highest BCUT2D eigenvalue weighted by Gasteiger charge is 2.23. The molecule has 0 saturated carbocycles. The van der Waals surface area contributed by atoms with Crippen LogP contribution in [0.2, 0.25) is 0 Å². The predicted octanol–water partition coefficient (Wildman–Crippen LogP) is 16.5. The fourth-order valence-corrected chi connectivity index (χ4v) is 9.80. The number of aromatic nitrogens is 1. The molecule has 0 aliphatic heterocycles. The van der Waals surface area contributed by atoms with Crippen LogP contribution in [0.25, 0.3) is 104 Å². The van der Waals surface area contributed by atoms with E-state index in [1.807, 2.05) is 18.2 Å². The first-order chi connectivity index (χ1) is 30.8. The molecule has 3 aromatic heterocycles. The number of hydrogen-bond acceptors (Lipinski definition) is 3. The summed E-state index contributed by atoms with van der Waals surface area (Å²) in [6, 6.07) is 77.8. The van der Waals surface area contributed by atoms with Crippen LogP contribution in [-0.4, -0.2) is 4.57 Å². The number of nitrogens with zero attached hydrogens (tertiary/aromatic N) is 2. The number of fused-ring (bicyclic) bond motifs is 11. The molecule has 3 heterocycles. The Morgan fingerprint density at radius 1 is 0.371 bits per heavy atom. The summed E-state index contributed by atoms with van der Waals surface area (Å²) in [6.07, 6.45) is 0. The van der Waals surface area contributed by atoms with Crippen molar-refractivity contribution in [1.82, 2.24) is 4.57 Å². The Labute approximate surface area is 356 Å². The fourth-order valence-electron chi connectivity index (χ4n) is 9.80. The van der Waals surface area contributed by atoms with Gasteiger partial charge in [0, 0.05) is 44.2 Å². The van der Waals surface area contributed by atoms with Gasteiger partial charge in [-0.3, -0.25) is 4.57 Å². The van der Waals surface area contributed by atoms with Crippen molar-refractivity contribution in [3.63, 3.8) is 0 Å². The van der Waals surface area contributed by atoms with Gasteiger partial charge in [0.2, 0.25) is 5.71 Å². The maximum atomic E-state index is 6.68. The summed E-state index contributed by atoms with van der Waals surface area (Å²) >= 11 is 0. The van der Waals surface area contributed by atoms with Gasteiger partial charge in [-0.25, -0.2) is 0 Å². The molecule has 0 aliphatic rings. The molecule has 62 heavy (non-hydrogen) atoms. The largest absolute Gasteiger partial charge is 0.454 e. The molecule has 0 spiro atoms. The lowest BCUT2D eigenvalue weighted by molar-refractivity contribution is 0.645. The molecule has 13 aromatic rings. The summed E-state index contributed by atoms with van der Waals surface area (Å²) < 4.78 is 15.6. The van der Waals surface area contributed by atoms with E-state index < -0.39 is 0 Å². The average molecular weight is 793 g/mol. The Morgan fingerprint density at radius 3 is 1.69 bits per heavy atom. The van der Waals surface area contributed by atoms with Gasteiger partial charge in [0.25, 0.3) is 0 Å². The van der Waals surface area contributed by atoms with Gasteiger partial charge in [-0.1, -0.05) is 158 Å². The maximum Gasteiger partial charge on any atom is 0.213 e. The Morgan fingerprint density at radius 2 is 0.935 bits per heavy atom. The van der Waals surface area contributed by atoms with E-state index in [-0.39, 0.29) is 0 Å². The zero-order valence-electron chi connectivity index (χ0n) is 33.5. The molecule has 0 radical (unpaired) electrons. The highest BCUT2D eigenvalue weighted by atomic mass is 16.3. The summed E-state index contributed by atoms with van der Waals surface area (Å²) in [6.45, 7) is 0. The molecule has 0 fully saturated rings. The van der Waals surface area contributed by atoms with Crippen LogP contribution >= 0.6 is 0 Å². The van der Waals surface area contributed by atoms with E-state index in [0.717, 1.165) is 88.8 Å². The minimum absolute atomic E-state index is 0.849. The quantitative estimate of drug-likeness (QED) is 0.157. The lowest BCUT2D eigenvalue weighted by atomic mass is 9.93. The third-order valence-electron chi connectivity index (χ3n) is 12.6. The van der Waals surface area contributed by atoms with Crippen molar-refractivity contribution in [2.75, 3.05) is 4.90 Å². The lowest BCUT2D eigenvalue weighted by Crippen LogP contribution is -2.10. The summed E-state index contributed by atoms with van der Waals surface area (Å²) in [7, 11) is 0. The van der Waals surface area contributed by atoms with Crippen molar-refractivity contribution >= 4 is 93.5 Å². The molecule has 13 rings (SSSR count).